The van der Waals surface area contributed by atoms with E-state index < -0.39 is 0 Å². The summed E-state index contributed by atoms with van der Waals surface area (Å²) >= 11 is 5.83. The predicted octanol–water partition coefficient (Wildman–Crippen LogP) is 3.20. The van der Waals surface area contributed by atoms with E-state index >= 15 is 0 Å². The van der Waals surface area contributed by atoms with Gasteiger partial charge in [0.25, 0.3) is 5.91 Å². The number of carbonyl (C=O) groups excluding carboxylic acids is 1. The molecule has 0 bridgehead atoms. The molecule has 1 N–H and O–H groups in total. The summed E-state index contributed by atoms with van der Waals surface area (Å²) in [6.45, 7) is 0.485. The number of hydrogen-bond acceptors (Lipinski definition) is 4. The van der Waals surface area contributed by atoms with Crippen molar-refractivity contribution in [1.82, 2.24) is 10.2 Å². The van der Waals surface area contributed by atoms with Gasteiger partial charge in [-0.2, -0.15) is 0 Å². The highest BCUT2D eigenvalue weighted by Gasteiger charge is 2.15. The van der Waals surface area contributed by atoms with Crippen molar-refractivity contribution in [2.75, 3.05) is 46.2 Å². The molecule has 0 aromatic heterocycles. The Morgan fingerprint density at radius 3 is 2.19 bits per heavy atom. The minimum atomic E-state index is -0.156. The number of rotatable bonds is 8. The van der Waals surface area contributed by atoms with Crippen LogP contribution in [0.2, 0.25) is 5.02 Å². The first-order valence-corrected chi connectivity index (χ1v) is 8.83. The molecule has 0 unspecified atom stereocenters. The Hall–Kier alpha value is -2.24. The summed E-state index contributed by atoms with van der Waals surface area (Å²) in [5.74, 6) is 0.463. The van der Waals surface area contributed by atoms with E-state index in [1.165, 1.54) is 0 Å². The highest BCUT2D eigenvalue weighted by molar-refractivity contribution is 6.30. The number of hydrogen-bond donors (Lipinski definition) is 1. The number of nitrogens with one attached hydrogen (secondary N) is 1. The summed E-state index contributed by atoms with van der Waals surface area (Å²) in [7, 11) is 8.03. The van der Waals surface area contributed by atoms with E-state index in [0.717, 1.165) is 11.3 Å². The van der Waals surface area contributed by atoms with E-state index in [9.17, 15) is 4.79 Å². The minimum Gasteiger partial charge on any atom is -0.484 e. The second kappa shape index (κ2) is 9.46. The molecule has 0 saturated carbocycles. The second-order valence-corrected chi connectivity index (χ2v) is 6.95. The Labute approximate surface area is 160 Å². The third-order valence-corrected chi connectivity index (χ3v) is 4.35. The SMILES string of the molecule is CN(C)c1ccc([C@H](CNC(=O)COc2ccc(Cl)cc2)N(C)C)cc1. The van der Waals surface area contributed by atoms with E-state index in [2.05, 4.69) is 39.4 Å². The molecule has 0 spiro atoms. The van der Waals surface area contributed by atoms with Crippen LogP contribution in [0.5, 0.6) is 5.75 Å². The quantitative estimate of drug-likeness (QED) is 0.769. The van der Waals surface area contributed by atoms with Crippen molar-refractivity contribution >= 4 is 23.2 Å². The van der Waals surface area contributed by atoms with E-state index in [4.69, 9.17) is 16.3 Å². The fourth-order valence-electron chi connectivity index (χ4n) is 2.53. The zero-order valence-electron chi connectivity index (χ0n) is 15.7. The van der Waals surface area contributed by atoms with E-state index in [1.807, 2.05) is 28.2 Å². The number of likely N-dealkylation sites (N-methyl/N-ethyl adjacent to an activating group) is 1. The molecule has 0 saturated heterocycles. The van der Waals surface area contributed by atoms with Crippen LogP contribution in [-0.2, 0) is 4.79 Å². The van der Waals surface area contributed by atoms with Crippen molar-refractivity contribution in [3.63, 3.8) is 0 Å². The van der Waals surface area contributed by atoms with Crippen molar-refractivity contribution in [3.05, 3.63) is 59.1 Å². The maximum atomic E-state index is 12.1. The topological polar surface area (TPSA) is 44.8 Å². The van der Waals surface area contributed by atoms with Gasteiger partial charge in [0.15, 0.2) is 6.61 Å². The molecule has 0 aliphatic carbocycles. The van der Waals surface area contributed by atoms with Gasteiger partial charge in [0.05, 0.1) is 6.04 Å². The molecule has 0 radical (unpaired) electrons. The Bertz CT molecular complexity index is 700. The molecule has 1 atom stereocenters. The number of ether oxygens (including phenoxy) is 1. The highest BCUT2D eigenvalue weighted by atomic mass is 35.5. The predicted molar refractivity (Wildman–Crippen MR) is 107 cm³/mol. The highest BCUT2D eigenvalue weighted by Crippen LogP contribution is 2.21. The van der Waals surface area contributed by atoms with Crippen LogP contribution in [0.3, 0.4) is 0 Å². The number of amides is 1. The second-order valence-electron chi connectivity index (χ2n) is 6.51. The largest absolute Gasteiger partial charge is 0.484 e. The summed E-state index contributed by atoms with van der Waals surface area (Å²) in [5.41, 5.74) is 2.30. The van der Waals surface area contributed by atoms with Crippen LogP contribution in [0.1, 0.15) is 11.6 Å². The molecule has 0 aliphatic heterocycles. The van der Waals surface area contributed by atoms with Gasteiger partial charge < -0.3 is 19.9 Å². The maximum absolute atomic E-state index is 12.1. The lowest BCUT2D eigenvalue weighted by Gasteiger charge is -2.25. The fourth-order valence-corrected chi connectivity index (χ4v) is 2.66. The van der Waals surface area contributed by atoms with E-state index in [1.54, 1.807) is 24.3 Å². The Kier molecular flexibility index (Phi) is 7.30. The summed E-state index contributed by atoms with van der Waals surface area (Å²) in [4.78, 5) is 16.2. The summed E-state index contributed by atoms with van der Waals surface area (Å²) in [6.07, 6.45) is 0. The molecule has 0 heterocycles. The van der Waals surface area contributed by atoms with Crippen molar-refractivity contribution in [1.29, 1.82) is 0 Å². The zero-order chi connectivity index (χ0) is 19.1. The lowest BCUT2D eigenvalue weighted by Crippen LogP contribution is -2.36. The summed E-state index contributed by atoms with van der Waals surface area (Å²) < 4.78 is 5.47. The Morgan fingerprint density at radius 2 is 1.65 bits per heavy atom. The monoisotopic (exact) mass is 375 g/mol. The maximum Gasteiger partial charge on any atom is 0.258 e. The number of carbonyl (C=O) groups is 1. The molecule has 1 amide bonds. The van der Waals surface area contributed by atoms with Gasteiger partial charge in [0, 0.05) is 31.4 Å². The molecule has 0 fully saturated rings. The van der Waals surface area contributed by atoms with Gasteiger partial charge in [0.1, 0.15) is 5.75 Å². The van der Waals surface area contributed by atoms with Crippen molar-refractivity contribution < 1.29 is 9.53 Å². The third kappa shape index (κ3) is 5.93. The first-order chi connectivity index (χ1) is 12.4. The molecule has 2 rings (SSSR count). The molecule has 0 aliphatic rings. The van der Waals surface area contributed by atoms with Gasteiger partial charge in [0.2, 0.25) is 0 Å². The van der Waals surface area contributed by atoms with E-state index in [-0.39, 0.29) is 18.6 Å². The van der Waals surface area contributed by atoms with Crippen LogP contribution in [0, 0.1) is 0 Å². The number of anilines is 1. The minimum absolute atomic E-state index is 0.0264. The Morgan fingerprint density at radius 1 is 1.04 bits per heavy atom. The molecule has 140 valence electrons. The van der Waals surface area contributed by atoms with Crippen LogP contribution in [0.4, 0.5) is 5.69 Å². The molecule has 6 heteroatoms. The number of nitrogens with zero attached hydrogens (tertiary/aromatic N) is 2. The molecular weight excluding hydrogens is 350 g/mol. The van der Waals surface area contributed by atoms with Gasteiger partial charge in [-0.15, -0.1) is 0 Å². The van der Waals surface area contributed by atoms with Crippen LogP contribution in [0.25, 0.3) is 0 Å². The first kappa shape index (κ1) is 20.1. The van der Waals surface area contributed by atoms with E-state index in [0.29, 0.717) is 17.3 Å². The molecule has 26 heavy (non-hydrogen) atoms. The molecular formula is C20H26ClN3O2. The molecule has 2 aromatic carbocycles. The lowest BCUT2D eigenvalue weighted by molar-refractivity contribution is -0.123. The Balaban J connectivity index is 1.89. The molecule has 2 aromatic rings. The van der Waals surface area contributed by atoms with Gasteiger partial charge in [-0.05, 0) is 56.1 Å². The van der Waals surface area contributed by atoms with Crippen molar-refractivity contribution in [2.24, 2.45) is 0 Å². The summed E-state index contributed by atoms with van der Waals surface area (Å²) in [6, 6.07) is 15.4. The van der Waals surface area contributed by atoms with Crippen molar-refractivity contribution in [2.45, 2.75) is 6.04 Å². The van der Waals surface area contributed by atoms with Gasteiger partial charge in [-0.1, -0.05) is 23.7 Å². The average molecular weight is 376 g/mol. The van der Waals surface area contributed by atoms with Crippen LogP contribution < -0.4 is 15.0 Å². The summed E-state index contributed by atoms with van der Waals surface area (Å²) in [5, 5.41) is 3.57. The number of halogens is 1. The third-order valence-electron chi connectivity index (χ3n) is 4.09. The number of benzene rings is 2. The normalized spacial score (nSPS) is 11.9. The smallest absolute Gasteiger partial charge is 0.258 e. The molecule has 5 nitrogen and oxygen atoms in total. The zero-order valence-corrected chi connectivity index (χ0v) is 16.5. The standard InChI is InChI=1S/C20H26ClN3O2/c1-23(2)17-9-5-15(6-10-17)19(24(3)4)13-22-20(25)14-26-18-11-7-16(21)8-12-18/h5-12,19H,13-14H2,1-4H3,(H,22,25)/t19-/m0/s1. The average Bonchev–Trinajstić information content (AvgIpc) is 2.61. The van der Waals surface area contributed by atoms with Gasteiger partial charge in [-0.25, -0.2) is 0 Å². The van der Waals surface area contributed by atoms with Crippen LogP contribution >= 0.6 is 11.6 Å². The first-order valence-electron chi connectivity index (χ1n) is 8.45. The van der Waals surface area contributed by atoms with Crippen LogP contribution in [0.15, 0.2) is 48.5 Å². The lowest BCUT2D eigenvalue weighted by atomic mass is 10.1. The fraction of sp³-hybridized carbons (Fsp3) is 0.350. The van der Waals surface area contributed by atoms with Crippen LogP contribution in [-0.4, -0.2) is 52.1 Å². The van der Waals surface area contributed by atoms with Gasteiger partial charge >= 0.3 is 0 Å². The van der Waals surface area contributed by atoms with Gasteiger partial charge in [-0.3, -0.25) is 4.79 Å². The van der Waals surface area contributed by atoms with Crippen molar-refractivity contribution in [3.8, 4) is 5.75 Å².